The Balaban J connectivity index is 1.89. The third kappa shape index (κ3) is 5.11. The highest BCUT2D eigenvalue weighted by molar-refractivity contribution is 7.90. The van der Waals surface area contributed by atoms with Gasteiger partial charge in [0, 0.05) is 12.1 Å². The minimum Gasteiger partial charge on any atom is -0.207 e. The van der Waals surface area contributed by atoms with Crippen molar-refractivity contribution in [3.8, 4) is 0 Å². The summed E-state index contributed by atoms with van der Waals surface area (Å²) in [5.41, 5.74) is 1.94. The predicted molar refractivity (Wildman–Crippen MR) is 118 cm³/mol. The Morgan fingerprint density at radius 2 is 0.933 bits per heavy atom. The summed E-state index contributed by atoms with van der Waals surface area (Å²) in [6, 6.07) is 12.2. The van der Waals surface area contributed by atoms with Gasteiger partial charge in [0.2, 0.25) is 20.0 Å². The maximum absolute atomic E-state index is 13.0. The van der Waals surface area contributed by atoms with E-state index >= 15 is 0 Å². The van der Waals surface area contributed by atoms with Crippen LogP contribution in [0.1, 0.15) is 37.8 Å². The first-order valence-electron chi connectivity index (χ1n) is 10.2. The quantitative estimate of drug-likeness (QED) is 0.706. The van der Waals surface area contributed by atoms with Crippen LogP contribution in [0, 0.1) is 25.7 Å². The van der Waals surface area contributed by atoms with Gasteiger partial charge < -0.3 is 0 Å². The molecule has 0 aromatic heterocycles. The monoisotopic (exact) mass is 450 g/mol. The van der Waals surface area contributed by atoms with Gasteiger partial charge in [0.1, 0.15) is 0 Å². The molecule has 0 amide bonds. The van der Waals surface area contributed by atoms with E-state index in [-0.39, 0.29) is 21.6 Å². The molecule has 2 N–H and O–H groups in total. The first kappa shape index (κ1) is 22.9. The van der Waals surface area contributed by atoms with Crippen LogP contribution in [0.15, 0.2) is 58.3 Å². The molecule has 2 aromatic carbocycles. The minimum atomic E-state index is -3.78. The van der Waals surface area contributed by atoms with E-state index < -0.39 is 32.1 Å². The highest BCUT2D eigenvalue weighted by atomic mass is 32.2. The normalized spacial score (nSPS) is 25.2. The molecule has 0 unspecified atom stereocenters. The van der Waals surface area contributed by atoms with Crippen LogP contribution >= 0.6 is 0 Å². The van der Waals surface area contributed by atoms with Crippen molar-refractivity contribution in [2.75, 3.05) is 0 Å². The average molecular weight is 451 g/mol. The SMILES string of the molecule is Cc1ccc(S(=O)(=O)N[C@H]2[C@H](NS(=O)(=O)c3ccc(C)cc3)[C@H](C)CC[C@H]2C)cc1. The standard InChI is InChI=1S/C22H30N2O4S2/c1-15-5-11-19(12-6-15)29(25,26)23-21-17(3)9-10-18(4)22(21)24-30(27,28)20-13-7-16(2)8-14-20/h5-8,11-14,17-18,21-24H,9-10H2,1-4H3/t17-,18-,21-,22-/m1/s1. The second kappa shape index (κ2) is 8.78. The average Bonchev–Trinajstić information content (AvgIpc) is 2.68. The number of rotatable bonds is 6. The second-order valence-corrected chi connectivity index (χ2v) is 11.9. The van der Waals surface area contributed by atoms with Crippen molar-refractivity contribution in [1.82, 2.24) is 9.44 Å². The summed E-state index contributed by atoms with van der Waals surface area (Å²) in [6.45, 7) is 7.71. The summed E-state index contributed by atoms with van der Waals surface area (Å²) in [5.74, 6) is -0.0146. The Kier molecular flexibility index (Phi) is 6.72. The summed E-state index contributed by atoms with van der Waals surface area (Å²) in [7, 11) is -7.55. The molecular weight excluding hydrogens is 420 g/mol. The summed E-state index contributed by atoms with van der Waals surface area (Å²) in [6.07, 6.45) is 1.65. The van der Waals surface area contributed by atoms with Gasteiger partial charge in [0.25, 0.3) is 0 Å². The molecule has 0 heterocycles. The van der Waals surface area contributed by atoms with Crippen LogP contribution < -0.4 is 9.44 Å². The van der Waals surface area contributed by atoms with Gasteiger partial charge in [-0.25, -0.2) is 26.3 Å². The molecule has 164 valence electrons. The van der Waals surface area contributed by atoms with Crippen LogP contribution in [0.2, 0.25) is 0 Å². The summed E-state index contributed by atoms with van der Waals surface area (Å²) < 4.78 is 57.6. The number of aryl methyl sites for hydroxylation is 2. The molecule has 1 aliphatic carbocycles. The molecule has 1 saturated carbocycles. The molecule has 8 heteroatoms. The second-order valence-electron chi connectivity index (χ2n) is 8.45. The van der Waals surface area contributed by atoms with E-state index in [4.69, 9.17) is 0 Å². The third-order valence-corrected chi connectivity index (χ3v) is 8.89. The van der Waals surface area contributed by atoms with E-state index in [0.29, 0.717) is 0 Å². The topological polar surface area (TPSA) is 92.3 Å². The van der Waals surface area contributed by atoms with E-state index in [9.17, 15) is 16.8 Å². The van der Waals surface area contributed by atoms with Crippen LogP contribution in [0.25, 0.3) is 0 Å². The van der Waals surface area contributed by atoms with Gasteiger partial charge in [-0.05, 0) is 62.8 Å². The highest BCUT2D eigenvalue weighted by Crippen LogP contribution is 2.31. The molecule has 0 spiro atoms. The molecular formula is C22H30N2O4S2. The highest BCUT2D eigenvalue weighted by Gasteiger charge is 2.40. The lowest BCUT2D eigenvalue weighted by molar-refractivity contribution is 0.200. The fourth-order valence-corrected chi connectivity index (χ4v) is 6.64. The number of sulfonamides is 2. The lowest BCUT2D eigenvalue weighted by Gasteiger charge is -2.41. The molecule has 30 heavy (non-hydrogen) atoms. The summed E-state index contributed by atoms with van der Waals surface area (Å²) in [4.78, 5) is 0.359. The smallest absolute Gasteiger partial charge is 0.207 e. The van der Waals surface area contributed by atoms with Crippen LogP contribution in [-0.4, -0.2) is 28.9 Å². The molecule has 3 rings (SSSR count). The van der Waals surface area contributed by atoms with Crippen molar-refractivity contribution in [2.45, 2.75) is 62.4 Å². The predicted octanol–water partition coefficient (Wildman–Crippen LogP) is 3.36. The van der Waals surface area contributed by atoms with Gasteiger partial charge in [-0.3, -0.25) is 0 Å². The molecule has 6 nitrogen and oxygen atoms in total. The largest absolute Gasteiger partial charge is 0.240 e. The zero-order chi connectivity index (χ0) is 22.1. The minimum absolute atomic E-state index is 0.00728. The zero-order valence-electron chi connectivity index (χ0n) is 17.8. The van der Waals surface area contributed by atoms with Gasteiger partial charge in [0.05, 0.1) is 9.79 Å². The molecule has 0 saturated heterocycles. The molecule has 1 aliphatic rings. The Morgan fingerprint density at radius 1 is 0.633 bits per heavy atom. The van der Waals surface area contributed by atoms with E-state index in [1.54, 1.807) is 48.5 Å². The third-order valence-electron chi connectivity index (χ3n) is 5.94. The van der Waals surface area contributed by atoms with Gasteiger partial charge in [-0.2, -0.15) is 0 Å². The van der Waals surface area contributed by atoms with Crippen molar-refractivity contribution in [2.24, 2.45) is 11.8 Å². The summed E-state index contributed by atoms with van der Waals surface area (Å²) >= 11 is 0. The van der Waals surface area contributed by atoms with Crippen molar-refractivity contribution in [3.05, 3.63) is 59.7 Å². The number of hydrogen-bond donors (Lipinski definition) is 2. The summed E-state index contributed by atoms with van der Waals surface area (Å²) in [5, 5.41) is 0. The molecule has 2 aromatic rings. The number of hydrogen-bond acceptors (Lipinski definition) is 4. The van der Waals surface area contributed by atoms with E-state index in [0.717, 1.165) is 24.0 Å². The first-order chi connectivity index (χ1) is 14.0. The Hall–Kier alpha value is -1.74. The van der Waals surface area contributed by atoms with E-state index in [1.165, 1.54) is 0 Å². The van der Waals surface area contributed by atoms with Crippen molar-refractivity contribution < 1.29 is 16.8 Å². The maximum atomic E-state index is 13.0. The molecule has 4 atom stereocenters. The fourth-order valence-electron chi connectivity index (χ4n) is 3.90. The lowest BCUT2D eigenvalue weighted by Crippen LogP contribution is -2.59. The van der Waals surface area contributed by atoms with Crippen molar-refractivity contribution >= 4 is 20.0 Å². The van der Waals surface area contributed by atoms with Gasteiger partial charge in [-0.1, -0.05) is 49.2 Å². The van der Waals surface area contributed by atoms with Gasteiger partial charge >= 0.3 is 0 Å². The van der Waals surface area contributed by atoms with Gasteiger partial charge in [0.15, 0.2) is 0 Å². The Morgan fingerprint density at radius 3 is 1.23 bits per heavy atom. The molecule has 0 bridgehead atoms. The van der Waals surface area contributed by atoms with Crippen molar-refractivity contribution in [1.29, 1.82) is 0 Å². The number of nitrogens with one attached hydrogen (secondary N) is 2. The first-order valence-corrected chi connectivity index (χ1v) is 13.1. The lowest BCUT2D eigenvalue weighted by atomic mass is 9.77. The van der Waals surface area contributed by atoms with Crippen LogP contribution in [-0.2, 0) is 20.0 Å². The van der Waals surface area contributed by atoms with Crippen molar-refractivity contribution in [3.63, 3.8) is 0 Å². The van der Waals surface area contributed by atoms with Crippen LogP contribution in [0.4, 0.5) is 0 Å². The molecule has 0 radical (unpaired) electrons. The number of benzene rings is 2. The Labute approximate surface area is 180 Å². The van der Waals surface area contributed by atoms with Gasteiger partial charge in [-0.15, -0.1) is 0 Å². The Bertz CT molecular complexity index is 989. The zero-order valence-corrected chi connectivity index (χ0v) is 19.4. The maximum Gasteiger partial charge on any atom is 0.240 e. The van der Waals surface area contributed by atoms with Crippen LogP contribution in [0.5, 0.6) is 0 Å². The fraction of sp³-hybridized carbons (Fsp3) is 0.455. The van der Waals surface area contributed by atoms with Crippen LogP contribution in [0.3, 0.4) is 0 Å². The van der Waals surface area contributed by atoms with E-state index in [1.807, 2.05) is 27.7 Å². The van der Waals surface area contributed by atoms with E-state index in [2.05, 4.69) is 9.44 Å². The molecule has 1 fully saturated rings. The molecule has 0 aliphatic heterocycles.